The number of nitrogens with one attached hydrogen (secondary N) is 3. The number of aromatic amines is 1. The predicted octanol–water partition coefficient (Wildman–Crippen LogP) is 2.23. The Balaban J connectivity index is 1.41. The Morgan fingerprint density at radius 3 is 2.69 bits per heavy atom. The third-order valence-corrected chi connectivity index (χ3v) is 5.76. The Morgan fingerprint density at radius 1 is 1.24 bits per heavy atom. The van der Waals surface area contributed by atoms with Gasteiger partial charge in [0, 0.05) is 25.8 Å². The summed E-state index contributed by atoms with van der Waals surface area (Å²) in [6.07, 6.45) is 4.48. The van der Waals surface area contributed by atoms with E-state index in [1.807, 2.05) is 24.4 Å². The number of aromatic nitrogens is 3. The molecule has 0 saturated carbocycles. The Morgan fingerprint density at radius 2 is 2.00 bits per heavy atom. The molecule has 1 saturated heterocycles. The van der Waals surface area contributed by atoms with Gasteiger partial charge in [0.1, 0.15) is 23.3 Å². The number of rotatable bonds is 5. The van der Waals surface area contributed by atoms with Gasteiger partial charge in [0.25, 0.3) is 0 Å². The van der Waals surface area contributed by atoms with Gasteiger partial charge in [0.2, 0.25) is 5.91 Å². The van der Waals surface area contributed by atoms with E-state index in [1.54, 1.807) is 18.5 Å². The highest BCUT2D eigenvalue weighted by Crippen LogP contribution is 2.29. The van der Waals surface area contributed by atoms with Crippen molar-refractivity contribution >= 4 is 34.5 Å². The zero-order chi connectivity index (χ0) is 20.3. The van der Waals surface area contributed by atoms with Crippen LogP contribution in [0.1, 0.15) is 24.0 Å². The minimum atomic E-state index is -0.838. The van der Waals surface area contributed by atoms with Crippen molar-refractivity contribution in [3.8, 4) is 6.07 Å². The van der Waals surface area contributed by atoms with Gasteiger partial charge in [-0.2, -0.15) is 5.26 Å². The molecule has 1 aliphatic heterocycles. The van der Waals surface area contributed by atoms with E-state index < -0.39 is 5.54 Å². The summed E-state index contributed by atoms with van der Waals surface area (Å²) in [5, 5.41) is 12.8. The van der Waals surface area contributed by atoms with Crippen molar-refractivity contribution < 1.29 is 4.79 Å². The summed E-state index contributed by atoms with van der Waals surface area (Å²) in [5.74, 6) is 0.725. The number of H-pyrrole nitrogens is 1. The lowest BCUT2D eigenvalue weighted by molar-refractivity contribution is -0.127. The second kappa shape index (κ2) is 8.07. The van der Waals surface area contributed by atoms with E-state index in [0.717, 1.165) is 22.4 Å². The van der Waals surface area contributed by atoms with Gasteiger partial charge in [-0.15, -0.1) is 0 Å². The van der Waals surface area contributed by atoms with Crippen LogP contribution in [0.4, 0.5) is 5.82 Å². The number of amides is 1. The van der Waals surface area contributed by atoms with Crippen molar-refractivity contribution in [1.29, 1.82) is 5.26 Å². The number of nitriles is 1. The average molecular weight is 410 g/mol. The number of benzene rings is 1. The van der Waals surface area contributed by atoms with Gasteiger partial charge in [-0.05, 0) is 48.4 Å². The molecule has 9 heteroatoms. The van der Waals surface area contributed by atoms with Crippen LogP contribution in [0.15, 0.2) is 42.9 Å². The molecule has 4 rings (SSSR count). The van der Waals surface area contributed by atoms with E-state index in [9.17, 15) is 4.79 Å². The quantitative estimate of drug-likeness (QED) is 0.557. The fraction of sp³-hybridized carbons (Fsp3) is 0.300. The number of anilines is 1. The van der Waals surface area contributed by atoms with Crippen molar-refractivity contribution in [2.24, 2.45) is 0 Å². The molecule has 3 heterocycles. The topological polar surface area (TPSA) is 110 Å². The number of nitrogens with zero attached hydrogens (tertiary/aromatic N) is 4. The number of fused-ring (bicyclic) bond motifs is 1. The van der Waals surface area contributed by atoms with Gasteiger partial charge >= 0.3 is 0 Å². The lowest BCUT2D eigenvalue weighted by Crippen LogP contribution is -2.59. The standard InChI is InChI=1S/C20H20ClN7O/c21-27-20(19(29)24-12-15-3-1-14(11-22)2-4-15)6-9-28(10-7-20)18-16-5-8-23-17(16)25-13-26-18/h1-5,8,13,27H,6-7,9-10,12H2,(H,24,29)(H,23,25,26). The summed E-state index contributed by atoms with van der Waals surface area (Å²) in [5.41, 5.74) is 1.47. The molecule has 1 fully saturated rings. The van der Waals surface area contributed by atoms with Crippen molar-refractivity contribution in [3.63, 3.8) is 0 Å². The minimum absolute atomic E-state index is 0.133. The summed E-state index contributed by atoms with van der Waals surface area (Å²) in [6, 6.07) is 11.2. The second-order valence-corrected chi connectivity index (χ2v) is 7.28. The summed E-state index contributed by atoms with van der Waals surface area (Å²) in [7, 11) is 0. The molecule has 8 nitrogen and oxygen atoms in total. The van der Waals surface area contributed by atoms with Crippen LogP contribution in [0.2, 0.25) is 0 Å². The number of hydrogen-bond donors (Lipinski definition) is 3. The van der Waals surface area contributed by atoms with Crippen LogP contribution >= 0.6 is 11.8 Å². The van der Waals surface area contributed by atoms with Crippen LogP contribution < -0.4 is 15.1 Å². The largest absolute Gasteiger partial charge is 0.356 e. The third-order valence-electron chi connectivity index (χ3n) is 5.40. The molecule has 0 unspecified atom stereocenters. The third kappa shape index (κ3) is 3.75. The summed E-state index contributed by atoms with van der Waals surface area (Å²) in [4.78, 5) is 29.5. The molecule has 0 bridgehead atoms. The number of halogens is 1. The smallest absolute Gasteiger partial charge is 0.241 e. The molecule has 3 N–H and O–H groups in total. The maximum absolute atomic E-state index is 12.9. The monoisotopic (exact) mass is 409 g/mol. The molecule has 29 heavy (non-hydrogen) atoms. The van der Waals surface area contributed by atoms with E-state index in [-0.39, 0.29) is 5.91 Å². The van der Waals surface area contributed by atoms with Crippen molar-refractivity contribution in [2.75, 3.05) is 18.0 Å². The molecule has 0 aliphatic carbocycles. The first kappa shape index (κ1) is 19.2. The first-order valence-electron chi connectivity index (χ1n) is 9.33. The molecule has 1 aliphatic rings. The molecular formula is C20H20ClN7O. The van der Waals surface area contributed by atoms with Crippen LogP contribution in [-0.4, -0.2) is 39.5 Å². The molecule has 1 aromatic carbocycles. The highest BCUT2D eigenvalue weighted by Gasteiger charge is 2.41. The average Bonchev–Trinajstić information content (AvgIpc) is 3.27. The van der Waals surface area contributed by atoms with Gasteiger partial charge in [-0.3, -0.25) is 4.79 Å². The second-order valence-electron chi connectivity index (χ2n) is 7.09. The molecule has 148 valence electrons. The lowest BCUT2D eigenvalue weighted by Gasteiger charge is -2.40. The highest BCUT2D eigenvalue weighted by atomic mass is 35.5. The van der Waals surface area contributed by atoms with Gasteiger partial charge in [-0.1, -0.05) is 12.1 Å². The van der Waals surface area contributed by atoms with Crippen molar-refractivity contribution in [2.45, 2.75) is 24.9 Å². The lowest BCUT2D eigenvalue weighted by atomic mass is 9.87. The van der Waals surface area contributed by atoms with E-state index in [2.05, 4.69) is 36.1 Å². The highest BCUT2D eigenvalue weighted by molar-refractivity contribution is 6.16. The van der Waals surface area contributed by atoms with Crippen LogP contribution in [0, 0.1) is 11.3 Å². The van der Waals surface area contributed by atoms with E-state index in [4.69, 9.17) is 17.0 Å². The summed E-state index contributed by atoms with van der Waals surface area (Å²) in [6.45, 7) is 1.66. The van der Waals surface area contributed by atoms with Crippen molar-refractivity contribution in [3.05, 3.63) is 54.0 Å². The van der Waals surface area contributed by atoms with Crippen molar-refractivity contribution in [1.82, 2.24) is 25.1 Å². The van der Waals surface area contributed by atoms with Gasteiger partial charge < -0.3 is 15.2 Å². The van der Waals surface area contributed by atoms with Gasteiger partial charge in [0.15, 0.2) is 0 Å². The first-order chi connectivity index (χ1) is 14.1. The normalized spacial score (nSPS) is 15.8. The van der Waals surface area contributed by atoms with Crippen LogP contribution in [0.25, 0.3) is 11.0 Å². The van der Waals surface area contributed by atoms with Crippen LogP contribution in [-0.2, 0) is 11.3 Å². The fourth-order valence-electron chi connectivity index (χ4n) is 3.62. The van der Waals surface area contributed by atoms with E-state index in [1.165, 1.54) is 0 Å². The van der Waals surface area contributed by atoms with Crippen LogP contribution in [0.3, 0.4) is 0 Å². The number of carbonyl (C=O) groups is 1. The number of hydrogen-bond acceptors (Lipinski definition) is 6. The van der Waals surface area contributed by atoms with Gasteiger partial charge in [0.05, 0.1) is 17.0 Å². The molecule has 2 aromatic heterocycles. The maximum Gasteiger partial charge on any atom is 0.241 e. The zero-order valence-electron chi connectivity index (χ0n) is 15.7. The zero-order valence-corrected chi connectivity index (χ0v) is 16.4. The molecule has 3 aromatic rings. The van der Waals surface area contributed by atoms with Crippen LogP contribution in [0.5, 0.6) is 0 Å². The molecular weight excluding hydrogens is 390 g/mol. The predicted molar refractivity (Wildman–Crippen MR) is 110 cm³/mol. The minimum Gasteiger partial charge on any atom is -0.356 e. The maximum atomic E-state index is 12.9. The van der Waals surface area contributed by atoms with Gasteiger partial charge in [-0.25, -0.2) is 14.8 Å². The SMILES string of the molecule is N#Cc1ccc(CNC(=O)C2(NCl)CCN(c3ncnc4[nH]ccc34)CC2)cc1. The first-order valence-corrected chi connectivity index (χ1v) is 9.71. The fourth-order valence-corrected chi connectivity index (χ4v) is 3.90. The Labute approximate surface area is 173 Å². The molecule has 1 amide bonds. The van der Waals surface area contributed by atoms with E-state index in [0.29, 0.717) is 38.0 Å². The Kier molecular flexibility index (Phi) is 5.34. The van der Waals surface area contributed by atoms with E-state index >= 15 is 0 Å². The molecule has 0 radical (unpaired) electrons. The molecule has 0 atom stereocenters. The number of piperidine rings is 1. The summed E-state index contributed by atoms with van der Waals surface area (Å²) >= 11 is 6.03. The summed E-state index contributed by atoms with van der Waals surface area (Å²) < 4.78 is 0. The Hall–Kier alpha value is -3.15. The molecule has 0 spiro atoms. The Bertz CT molecular complexity index is 1050. The number of carbonyl (C=O) groups excluding carboxylic acids is 1.